The molecule has 1 fully saturated rings. The maximum absolute atomic E-state index is 12.4. The molecule has 1 saturated heterocycles. The Morgan fingerprint density at radius 3 is 2.89 bits per heavy atom. The lowest BCUT2D eigenvalue weighted by molar-refractivity contribution is 0.0705. The first-order valence-electron chi connectivity index (χ1n) is 5.98. The van der Waals surface area contributed by atoms with Gasteiger partial charge in [0.05, 0.1) is 12.7 Å². The monoisotopic (exact) mass is 304 g/mol. The largest absolute Gasteiger partial charge is 0.496 e. The molecular weight excluding hydrogens is 287 g/mol. The summed E-state index contributed by atoms with van der Waals surface area (Å²) in [5, 5.41) is 3.88. The minimum atomic E-state index is -0.00290. The zero-order valence-corrected chi connectivity index (χ0v) is 12.6. The lowest BCUT2D eigenvalue weighted by atomic mass is 10.1. The number of carbonyl (C=O) groups excluding carboxylic acids is 1. The van der Waals surface area contributed by atoms with E-state index >= 15 is 0 Å². The standard InChI is InChI=1S/C13H17ClN2O2.ClH/c1-9-8-16(6-5-15-9)13(17)11-4-3-10(14)7-12(11)18-2;/h3-4,7,9,15H,5-6,8H2,1-2H3;1H. The molecule has 2 rings (SSSR count). The Labute approximate surface area is 124 Å². The highest BCUT2D eigenvalue weighted by molar-refractivity contribution is 6.30. The molecule has 1 amide bonds. The van der Waals surface area contributed by atoms with Crippen LogP contribution in [0, 0.1) is 0 Å². The highest BCUT2D eigenvalue weighted by Crippen LogP contribution is 2.24. The molecule has 1 atom stereocenters. The van der Waals surface area contributed by atoms with Gasteiger partial charge in [-0.3, -0.25) is 4.79 Å². The minimum absolute atomic E-state index is 0. The first-order chi connectivity index (χ1) is 8.61. The van der Waals surface area contributed by atoms with Gasteiger partial charge in [-0.25, -0.2) is 0 Å². The Bertz CT molecular complexity index is 454. The van der Waals surface area contributed by atoms with E-state index in [1.54, 1.807) is 25.3 Å². The Morgan fingerprint density at radius 2 is 2.26 bits per heavy atom. The summed E-state index contributed by atoms with van der Waals surface area (Å²) >= 11 is 5.89. The smallest absolute Gasteiger partial charge is 0.257 e. The van der Waals surface area contributed by atoms with Crippen LogP contribution < -0.4 is 10.1 Å². The molecule has 0 aliphatic carbocycles. The third kappa shape index (κ3) is 3.75. The predicted octanol–water partition coefficient (Wildman–Crippen LogP) is 2.20. The van der Waals surface area contributed by atoms with Crippen molar-refractivity contribution in [1.29, 1.82) is 0 Å². The molecule has 0 bridgehead atoms. The van der Waals surface area contributed by atoms with Crippen molar-refractivity contribution in [3.05, 3.63) is 28.8 Å². The van der Waals surface area contributed by atoms with Gasteiger partial charge in [-0.15, -0.1) is 12.4 Å². The van der Waals surface area contributed by atoms with Gasteiger partial charge < -0.3 is 15.0 Å². The molecule has 106 valence electrons. The fraction of sp³-hybridized carbons (Fsp3) is 0.462. The van der Waals surface area contributed by atoms with Gasteiger partial charge in [0.25, 0.3) is 5.91 Å². The third-order valence-electron chi connectivity index (χ3n) is 3.05. The van der Waals surface area contributed by atoms with E-state index in [1.807, 2.05) is 4.90 Å². The van der Waals surface area contributed by atoms with E-state index in [9.17, 15) is 4.79 Å². The van der Waals surface area contributed by atoms with Gasteiger partial charge in [0, 0.05) is 30.7 Å². The first kappa shape index (κ1) is 16.1. The number of piperazine rings is 1. The summed E-state index contributed by atoms with van der Waals surface area (Å²) in [6, 6.07) is 5.42. The number of methoxy groups -OCH3 is 1. The van der Waals surface area contributed by atoms with Crippen molar-refractivity contribution >= 4 is 29.9 Å². The molecule has 6 heteroatoms. The van der Waals surface area contributed by atoms with Crippen LogP contribution in [0.25, 0.3) is 0 Å². The number of ether oxygens (including phenoxy) is 1. The normalized spacial score (nSPS) is 18.7. The number of nitrogens with one attached hydrogen (secondary N) is 1. The number of halogens is 2. The van der Waals surface area contributed by atoms with Gasteiger partial charge in [0.2, 0.25) is 0 Å². The second-order valence-electron chi connectivity index (χ2n) is 4.45. The van der Waals surface area contributed by atoms with Crippen molar-refractivity contribution in [3.8, 4) is 5.75 Å². The highest BCUT2D eigenvalue weighted by atomic mass is 35.5. The van der Waals surface area contributed by atoms with Crippen molar-refractivity contribution in [1.82, 2.24) is 10.2 Å². The molecule has 0 aromatic heterocycles. The molecule has 1 aromatic rings. The Hall–Kier alpha value is -0.970. The molecule has 0 radical (unpaired) electrons. The van der Waals surface area contributed by atoms with E-state index in [0.717, 1.165) is 13.1 Å². The number of carbonyl (C=O) groups is 1. The average Bonchev–Trinajstić information content (AvgIpc) is 2.37. The number of benzene rings is 1. The SMILES string of the molecule is COc1cc(Cl)ccc1C(=O)N1CCNC(C)C1.Cl. The summed E-state index contributed by atoms with van der Waals surface area (Å²) in [5.74, 6) is 0.524. The fourth-order valence-electron chi connectivity index (χ4n) is 2.13. The predicted molar refractivity (Wildman–Crippen MR) is 78.6 cm³/mol. The number of hydrogen-bond donors (Lipinski definition) is 1. The quantitative estimate of drug-likeness (QED) is 0.911. The Balaban J connectivity index is 0.00000180. The summed E-state index contributed by atoms with van der Waals surface area (Å²) in [6.45, 7) is 4.32. The molecule has 4 nitrogen and oxygen atoms in total. The van der Waals surface area contributed by atoms with Crippen molar-refractivity contribution in [2.45, 2.75) is 13.0 Å². The lowest BCUT2D eigenvalue weighted by Crippen LogP contribution is -2.51. The summed E-state index contributed by atoms with van der Waals surface area (Å²) in [6.07, 6.45) is 0. The fourth-order valence-corrected chi connectivity index (χ4v) is 2.29. The van der Waals surface area contributed by atoms with E-state index in [-0.39, 0.29) is 18.3 Å². The third-order valence-corrected chi connectivity index (χ3v) is 3.29. The maximum Gasteiger partial charge on any atom is 0.257 e. The molecule has 1 aliphatic rings. The minimum Gasteiger partial charge on any atom is -0.496 e. The molecular formula is C13H18Cl2N2O2. The zero-order valence-electron chi connectivity index (χ0n) is 11.0. The van der Waals surface area contributed by atoms with E-state index in [4.69, 9.17) is 16.3 Å². The highest BCUT2D eigenvalue weighted by Gasteiger charge is 2.23. The molecule has 0 saturated carbocycles. The summed E-state index contributed by atoms with van der Waals surface area (Å²) in [4.78, 5) is 14.3. The molecule has 1 unspecified atom stereocenters. The van der Waals surface area contributed by atoms with E-state index < -0.39 is 0 Å². The van der Waals surface area contributed by atoms with Gasteiger partial charge in [0.15, 0.2) is 0 Å². The van der Waals surface area contributed by atoms with Crippen LogP contribution in [-0.4, -0.2) is 43.6 Å². The molecule has 0 spiro atoms. The van der Waals surface area contributed by atoms with Gasteiger partial charge in [-0.05, 0) is 25.1 Å². The molecule has 1 aromatic carbocycles. The second-order valence-corrected chi connectivity index (χ2v) is 4.89. The first-order valence-corrected chi connectivity index (χ1v) is 6.36. The second kappa shape index (κ2) is 6.98. The molecule has 19 heavy (non-hydrogen) atoms. The lowest BCUT2D eigenvalue weighted by Gasteiger charge is -2.32. The van der Waals surface area contributed by atoms with Crippen LogP contribution >= 0.6 is 24.0 Å². The number of hydrogen-bond acceptors (Lipinski definition) is 3. The Kier molecular flexibility index (Phi) is 5.91. The summed E-state index contributed by atoms with van der Waals surface area (Å²) in [5.41, 5.74) is 0.566. The molecule has 1 aliphatic heterocycles. The van der Waals surface area contributed by atoms with Crippen LogP contribution in [0.3, 0.4) is 0 Å². The number of amides is 1. The van der Waals surface area contributed by atoms with Crippen LogP contribution in [-0.2, 0) is 0 Å². The maximum atomic E-state index is 12.4. The van der Waals surface area contributed by atoms with Crippen molar-refractivity contribution in [2.75, 3.05) is 26.7 Å². The number of rotatable bonds is 2. The van der Waals surface area contributed by atoms with Gasteiger partial charge in [-0.1, -0.05) is 11.6 Å². The molecule has 1 N–H and O–H groups in total. The van der Waals surface area contributed by atoms with Crippen LogP contribution in [0.5, 0.6) is 5.75 Å². The Morgan fingerprint density at radius 1 is 1.53 bits per heavy atom. The van der Waals surface area contributed by atoms with Gasteiger partial charge in [0.1, 0.15) is 5.75 Å². The van der Waals surface area contributed by atoms with Gasteiger partial charge in [-0.2, -0.15) is 0 Å². The van der Waals surface area contributed by atoms with E-state index in [1.165, 1.54) is 0 Å². The van der Waals surface area contributed by atoms with E-state index in [0.29, 0.717) is 28.9 Å². The van der Waals surface area contributed by atoms with Crippen LogP contribution in [0.4, 0.5) is 0 Å². The number of nitrogens with zero attached hydrogens (tertiary/aromatic N) is 1. The van der Waals surface area contributed by atoms with Crippen molar-refractivity contribution < 1.29 is 9.53 Å². The van der Waals surface area contributed by atoms with Crippen LogP contribution in [0.2, 0.25) is 5.02 Å². The zero-order chi connectivity index (χ0) is 13.1. The van der Waals surface area contributed by atoms with Crippen molar-refractivity contribution in [3.63, 3.8) is 0 Å². The van der Waals surface area contributed by atoms with E-state index in [2.05, 4.69) is 12.2 Å². The van der Waals surface area contributed by atoms with Crippen molar-refractivity contribution in [2.24, 2.45) is 0 Å². The van der Waals surface area contributed by atoms with Crippen LogP contribution in [0.1, 0.15) is 17.3 Å². The topological polar surface area (TPSA) is 41.6 Å². The average molecular weight is 305 g/mol. The van der Waals surface area contributed by atoms with Crippen LogP contribution in [0.15, 0.2) is 18.2 Å². The summed E-state index contributed by atoms with van der Waals surface area (Å²) < 4.78 is 5.22. The molecule has 1 heterocycles. The summed E-state index contributed by atoms with van der Waals surface area (Å²) in [7, 11) is 1.54. The van der Waals surface area contributed by atoms with Gasteiger partial charge >= 0.3 is 0 Å².